The molecule has 0 aliphatic heterocycles. The van der Waals surface area contributed by atoms with Gasteiger partial charge in [-0.05, 0) is 31.8 Å². The molecule has 86 valence electrons. The van der Waals surface area contributed by atoms with E-state index in [1.54, 1.807) is 11.0 Å². The van der Waals surface area contributed by atoms with Crippen molar-refractivity contribution >= 4 is 5.91 Å². The van der Waals surface area contributed by atoms with E-state index in [2.05, 4.69) is 26.5 Å². The third-order valence-electron chi connectivity index (χ3n) is 2.61. The van der Waals surface area contributed by atoms with Crippen LogP contribution in [0.25, 0.3) is 0 Å². The van der Waals surface area contributed by atoms with Crippen molar-refractivity contribution in [1.82, 2.24) is 4.90 Å². The van der Waals surface area contributed by atoms with Gasteiger partial charge in [-0.2, -0.15) is 0 Å². The Labute approximate surface area is 93.7 Å². The van der Waals surface area contributed by atoms with Gasteiger partial charge in [0.15, 0.2) is 0 Å². The second-order valence-electron chi connectivity index (χ2n) is 4.67. The molecule has 0 aliphatic rings. The first-order valence-electron chi connectivity index (χ1n) is 5.55. The van der Waals surface area contributed by atoms with Crippen LogP contribution in [0.15, 0.2) is 17.4 Å². The monoisotopic (exact) mass is 209 g/mol. The minimum atomic E-state index is 0.0450. The maximum Gasteiger partial charge on any atom is 0.254 e. The third-order valence-corrected chi connectivity index (χ3v) is 2.61. The van der Waals surface area contributed by atoms with Gasteiger partial charge < -0.3 is 4.90 Å². The van der Waals surface area contributed by atoms with Gasteiger partial charge in [-0.3, -0.25) is 4.79 Å². The second kappa shape index (κ2) is 5.77. The van der Waals surface area contributed by atoms with Crippen LogP contribution < -0.4 is 0 Å². The minimum Gasteiger partial charge on any atom is -0.339 e. The van der Waals surface area contributed by atoms with E-state index in [0.29, 0.717) is 0 Å². The van der Waals surface area contributed by atoms with Crippen molar-refractivity contribution in [1.29, 1.82) is 0 Å². The first-order chi connectivity index (χ1) is 6.82. The molecule has 1 amide bonds. The number of hydrogen-bond acceptors (Lipinski definition) is 1. The van der Waals surface area contributed by atoms with Crippen molar-refractivity contribution in [2.75, 3.05) is 13.1 Å². The smallest absolute Gasteiger partial charge is 0.254 e. The molecule has 0 aromatic rings. The summed E-state index contributed by atoms with van der Waals surface area (Å²) in [6.07, 6.45) is 1.55. The Morgan fingerprint density at radius 1 is 1.27 bits per heavy atom. The lowest BCUT2D eigenvalue weighted by Gasteiger charge is -2.18. The SMILES string of the molecule is CCN(CC)C(=O)C=C=C(C)C(C)(C)C. The van der Waals surface area contributed by atoms with Crippen molar-refractivity contribution in [2.24, 2.45) is 5.41 Å². The fourth-order valence-corrected chi connectivity index (χ4v) is 1.01. The summed E-state index contributed by atoms with van der Waals surface area (Å²) in [5, 5.41) is 0. The summed E-state index contributed by atoms with van der Waals surface area (Å²) < 4.78 is 0. The van der Waals surface area contributed by atoms with Crippen molar-refractivity contribution in [3.63, 3.8) is 0 Å². The molecule has 0 heterocycles. The van der Waals surface area contributed by atoms with Crippen LogP contribution in [0.4, 0.5) is 0 Å². The number of likely N-dealkylation sites (N-methyl/N-ethyl adjacent to an activating group) is 1. The average Bonchev–Trinajstić information content (AvgIpc) is 2.14. The summed E-state index contributed by atoms with van der Waals surface area (Å²) >= 11 is 0. The number of rotatable bonds is 3. The van der Waals surface area contributed by atoms with Crippen molar-refractivity contribution in [3.05, 3.63) is 17.4 Å². The van der Waals surface area contributed by atoms with Crippen LogP contribution >= 0.6 is 0 Å². The summed E-state index contributed by atoms with van der Waals surface area (Å²) in [4.78, 5) is 13.4. The highest BCUT2D eigenvalue weighted by Gasteiger charge is 2.12. The zero-order valence-electron chi connectivity index (χ0n) is 10.8. The van der Waals surface area contributed by atoms with E-state index in [1.807, 2.05) is 20.8 Å². The molecule has 0 atom stereocenters. The van der Waals surface area contributed by atoms with Gasteiger partial charge in [0, 0.05) is 19.2 Å². The van der Waals surface area contributed by atoms with Gasteiger partial charge in [0.25, 0.3) is 5.91 Å². The minimum absolute atomic E-state index is 0.0450. The highest BCUT2D eigenvalue weighted by molar-refractivity contribution is 5.87. The van der Waals surface area contributed by atoms with E-state index in [4.69, 9.17) is 0 Å². The Kier molecular flexibility index (Phi) is 5.38. The molecule has 0 spiro atoms. The number of carbonyl (C=O) groups excluding carboxylic acids is 1. The van der Waals surface area contributed by atoms with Crippen LogP contribution in [-0.4, -0.2) is 23.9 Å². The molecule has 0 aliphatic carbocycles. The topological polar surface area (TPSA) is 20.3 Å². The van der Waals surface area contributed by atoms with E-state index in [9.17, 15) is 4.79 Å². The normalized spacial score (nSPS) is 10.5. The summed E-state index contributed by atoms with van der Waals surface area (Å²) in [5.74, 6) is 0.0450. The first-order valence-corrected chi connectivity index (χ1v) is 5.55. The number of carbonyl (C=O) groups is 1. The molecule has 0 saturated carbocycles. The zero-order valence-corrected chi connectivity index (χ0v) is 10.8. The molecule has 0 saturated heterocycles. The second-order valence-corrected chi connectivity index (χ2v) is 4.67. The van der Waals surface area contributed by atoms with E-state index >= 15 is 0 Å². The molecule has 0 rings (SSSR count). The number of hydrogen-bond donors (Lipinski definition) is 0. The lowest BCUT2D eigenvalue weighted by atomic mass is 9.88. The van der Waals surface area contributed by atoms with Gasteiger partial charge in [-0.1, -0.05) is 20.8 Å². The van der Waals surface area contributed by atoms with Gasteiger partial charge in [-0.15, -0.1) is 5.73 Å². The zero-order chi connectivity index (χ0) is 12.1. The van der Waals surface area contributed by atoms with Gasteiger partial charge in [0.2, 0.25) is 0 Å². The molecule has 0 fully saturated rings. The quantitative estimate of drug-likeness (QED) is 0.517. The van der Waals surface area contributed by atoms with Gasteiger partial charge in [-0.25, -0.2) is 0 Å². The Hall–Kier alpha value is -1.01. The Bertz CT molecular complexity index is 273. The largest absolute Gasteiger partial charge is 0.339 e. The van der Waals surface area contributed by atoms with E-state index < -0.39 is 0 Å². The predicted octanol–water partition coefficient (Wildman–Crippen LogP) is 3.00. The summed E-state index contributed by atoms with van der Waals surface area (Å²) in [6.45, 7) is 13.8. The molecule has 15 heavy (non-hydrogen) atoms. The average molecular weight is 209 g/mol. The Balaban J connectivity index is 4.72. The fraction of sp³-hybridized carbons (Fsp3) is 0.692. The maximum absolute atomic E-state index is 11.6. The maximum atomic E-state index is 11.6. The molecule has 2 heteroatoms. The molecule has 0 aromatic heterocycles. The molecule has 0 N–H and O–H groups in total. The van der Waals surface area contributed by atoms with Crippen molar-refractivity contribution < 1.29 is 4.79 Å². The van der Waals surface area contributed by atoms with Crippen LogP contribution in [0.3, 0.4) is 0 Å². The number of nitrogens with zero attached hydrogens (tertiary/aromatic N) is 1. The summed E-state index contributed by atoms with van der Waals surface area (Å²) in [5.41, 5.74) is 4.26. The van der Waals surface area contributed by atoms with Crippen LogP contribution in [0.1, 0.15) is 41.5 Å². The standard InChI is InChI=1S/C13H23NO/c1-7-14(8-2)12(15)10-9-11(3)13(4,5)6/h10H,7-8H2,1-6H3. The highest BCUT2D eigenvalue weighted by atomic mass is 16.2. The molecule has 2 nitrogen and oxygen atoms in total. The first kappa shape index (κ1) is 14.0. The molecule has 0 aromatic carbocycles. The molecular formula is C13H23NO. The Morgan fingerprint density at radius 3 is 2.07 bits per heavy atom. The lowest BCUT2D eigenvalue weighted by Crippen LogP contribution is -2.28. The fourth-order valence-electron chi connectivity index (χ4n) is 1.01. The van der Waals surface area contributed by atoms with E-state index in [-0.39, 0.29) is 11.3 Å². The lowest BCUT2D eigenvalue weighted by molar-refractivity contribution is -0.125. The Morgan fingerprint density at radius 2 is 1.73 bits per heavy atom. The van der Waals surface area contributed by atoms with Gasteiger partial charge in [0.05, 0.1) is 0 Å². The number of amides is 1. The summed E-state index contributed by atoms with van der Waals surface area (Å²) in [6, 6.07) is 0. The van der Waals surface area contributed by atoms with Crippen molar-refractivity contribution in [3.8, 4) is 0 Å². The van der Waals surface area contributed by atoms with Crippen LogP contribution in [-0.2, 0) is 4.79 Å². The van der Waals surface area contributed by atoms with Gasteiger partial charge >= 0.3 is 0 Å². The molecule has 0 unspecified atom stereocenters. The predicted molar refractivity (Wildman–Crippen MR) is 64.7 cm³/mol. The van der Waals surface area contributed by atoms with Gasteiger partial charge in [0.1, 0.15) is 0 Å². The molecule has 0 radical (unpaired) electrons. The molecular weight excluding hydrogens is 186 g/mol. The highest BCUT2D eigenvalue weighted by Crippen LogP contribution is 2.22. The molecule has 0 bridgehead atoms. The summed E-state index contributed by atoms with van der Waals surface area (Å²) in [7, 11) is 0. The van der Waals surface area contributed by atoms with Crippen molar-refractivity contribution in [2.45, 2.75) is 41.5 Å². The van der Waals surface area contributed by atoms with Crippen LogP contribution in [0.2, 0.25) is 0 Å². The van der Waals surface area contributed by atoms with E-state index in [0.717, 1.165) is 18.7 Å². The van der Waals surface area contributed by atoms with E-state index in [1.165, 1.54) is 0 Å². The third kappa shape index (κ3) is 4.85. The van der Waals surface area contributed by atoms with Crippen LogP contribution in [0.5, 0.6) is 0 Å². The van der Waals surface area contributed by atoms with Crippen LogP contribution in [0, 0.1) is 5.41 Å².